The Morgan fingerprint density at radius 1 is 1.07 bits per heavy atom. The average Bonchev–Trinajstić information content (AvgIpc) is 2.86. The second-order valence-corrected chi connectivity index (χ2v) is 6.49. The summed E-state index contributed by atoms with van der Waals surface area (Å²) >= 11 is 1.92. The van der Waals surface area contributed by atoms with Gasteiger partial charge in [0, 0.05) is 5.92 Å². The molecule has 0 amide bonds. The lowest BCUT2D eigenvalue weighted by atomic mass is 9.94. The summed E-state index contributed by atoms with van der Waals surface area (Å²) in [5, 5.41) is 0.381. The Balaban J connectivity index is 1.58. The molecule has 0 aromatic heterocycles. The van der Waals surface area contributed by atoms with Gasteiger partial charge in [-0.2, -0.15) is 11.8 Å². The lowest BCUT2D eigenvalue weighted by molar-refractivity contribution is -0.122. The monoisotopic (exact) mass is 210 g/mol. The van der Waals surface area contributed by atoms with Gasteiger partial charge in [0.15, 0.2) is 0 Å². The van der Waals surface area contributed by atoms with E-state index in [-0.39, 0.29) is 0 Å². The van der Waals surface area contributed by atoms with Gasteiger partial charge in [0.05, 0.1) is 5.25 Å². The molecule has 3 fully saturated rings. The van der Waals surface area contributed by atoms with Crippen LogP contribution < -0.4 is 0 Å². The van der Waals surface area contributed by atoms with Crippen molar-refractivity contribution >= 4 is 17.5 Å². The first-order valence-corrected chi connectivity index (χ1v) is 7.05. The highest BCUT2D eigenvalue weighted by Gasteiger charge is 2.48. The molecule has 1 saturated heterocycles. The number of ketones is 1. The summed E-state index contributed by atoms with van der Waals surface area (Å²) in [5.41, 5.74) is 0. The summed E-state index contributed by atoms with van der Waals surface area (Å²) in [6.07, 6.45) is 7.67. The summed E-state index contributed by atoms with van der Waals surface area (Å²) in [7, 11) is 0. The zero-order valence-corrected chi connectivity index (χ0v) is 9.39. The zero-order valence-electron chi connectivity index (χ0n) is 8.58. The van der Waals surface area contributed by atoms with Gasteiger partial charge in [0.1, 0.15) is 5.78 Å². The van der Waals surface area contributed by atoms with Crippen LogP contribution in [-0.4, -0.2) is 16.8 Å². The van der Waals surface area contributed by atoms with Gasteiger partial charge in [-0.15, -0.1) is 0 Å². The lowest BCUT2D eigenvalue weighted by Gasteiger charge is -2.23. The molecule has 0 radical (unpaired) electrons. The molecule has 3 rings (SSSR count). The fourth-order valence-corrected chi connectivity index (χ4v) is 4.52. The maximum atomic E-state index is 12.1. The number of carbonyl (C=O) groups is 1. The van der Waals surface area contributed by atoms with Crippen molar-refractivity contribution in [2.24, 2.45) is 17.8 Å². The minimum Gasteiger partial charge on any atom is -0.298 e. The second-order valence-electron chi connectivity index (χ2n) is 5.18. The van der Waals surface area contributed by atoms with Crippen LogP contribution >= 0.6 is 11.8 Å². The van der Waals surface area contributed by atoms with E-state index in [1.807, 2.05) is 11.8 Å². The number of hydrogen-bond acceptors (Lipinski definition) is 2. The van der Waals surface area contributed by atoms with E-state index in [9.17, 15) is 4.79 Å². The van der Waals surface area contributed by atoms with Crippen LogP contribution in [0.3, 0.4) is 0 Å². The van der Waals surface area contributed by atoms with Gasteiger partial charge in [-0.05, 0) is 49.7 Å². The van der Waals surface area contributed by atoms with Gasteiger partial charge in [0.2, 0.25) is 0 Å². The molecule has 1 aliphatic heterocycles. The van der Waals surface area contributed by atoms with E-state index in [1.54, 1.807) is 0 Å². The van der Waals surface area contributed by atoms with Crippen LogP contribution in [0.4, 0.5) is 0 Å². The molecule has 3 aliphatic rings. The van der Waals surface area contributed by atoms with Crippen LogP contribution in [0.25, 0.3) is 0 Å². The topological polar surface area (TPSA) is 17.1 Å². The molecule has 0 spiro atoms. The van der Waals surface area contributed by atoms with Crippen LogP contribution in [0.1, 0.15) is 38.5 Å². The fourth-order valence-electron chi connectivity index (χ4n) is 3.18. The number of thioether (sulfide) groups is 1. The van der Waals surface area contributed by atoms with E-state index < -0.39 is 0 Å². The SMILES string of the molecule is O=C(C1CC2CC2C1)C1CCCCS1. The summed E-state index contributed by atoms with van der Waals surface area (Å²) in [5.74, 6) is 4.21. The minimum atomic E-state index is 0.381. The van der Waals surface area contributed by atoms with Crippen LogP contribution in [-0.2, 0) is 4.79 Å². The van der Waals surface area contributed by atoms with Crippen molar-refractivity contribution < 1.29 is 4.79 Å². The van der Waals surface area contributed by atoms with E-state index in [2.05, 4.69) is 0 Å². The lowest BCUT2D eigenvalue weighted by Crippen LogP contribution is -2.27. The number of Topliss-reactive ketones (excluding diaryl/α,β-unsaturated/α-hetero) is 1. The van der Waals surface area contributed by atoms with Crippen LogP contribution in [0, 0.1) is 17.8 Å². The Hall–Kier alpha value is 0.0200. The van der Waals surface area contributed by atoms with Gasteiger partial charge in [-0.3, -0.25) is 4.79 Å². The van der Waals surface area contributed by atoms with Crippen molar-refractivity contribution in [1.82, 2.24) is 0 Å². The summed E-state index contributed by atoms with van der Waals surface area (Å²) in [6.45, 7) is 0. The third-order valence-electron chi connectivity index (χ3n) is 4.14. The summed E-state index contributed by atoms with van der Waals surface area (Å²) in [4.78, 5) is 12.1. The third kappa shape index (κ3) is 1.62. The van der Waals surface area contributed by atoms with E-state index in [0.29, 0.717) is 17.0 Å². The zero-order chi connectivity index (χ0) is 9.54. The summed E-state index contributed by atoms with van der Waals surface area (Å²) < 4.78 is 0. The number of hydrogen-bond donors (Lipinski definition) is 0. The third-order valence-corrected chi connectivity index (χ3v) is 5.54. The molecule has 0 aromatic rings. The van der Waals surface area contributed by atoms with Gasteiger partial charge >= 0.3 is 0 Å². The van der Waals surface area contributed by atoms with Gasteiger partial charge < -0.3 is 0 Å². The Kier molecular flexibility index (Phi) is 2.35. The van der Waals surface area contributed by atoms with Crippen molar-refractivity contribution in [2.75, 3.05) is 5.75 Å². The molecular formula is C12H18OS. The molecule has 2 saturated carbocycles. The normalized spacial score (nSPS) is 46.0. The molecule has 3 atom stereocenters. The van der Waals surface area contributed by atoms with Crippen LogP contribution in [0.5, 0.6) is 0 Å². The number of rotatable bonds is 2. The van der Waals surface area contributed by atoms with Crippen molar-refractivity contribution in [3.05, 3.63) is 0 Å². The smallest absolute Gasteiger partial charge is 0.148 e. The molecule has 0 bridgehead atoms. The predicted octanol–water partition coefficient (Wildman–Crippen LogP) is 2.89. The van der Waals surface area contributed by atoms with E-state index in [1.165, 1.54) is 37.9 Å². The number of carbonyl (C=O) groups excluding carboxylic acids is 1. The van der Waals surface area contributed by atoms with Gasteiger partial charge in [-0.25, -0.2) is 0 Å². The molecule has 2 aliphatic carbocycles. The van der Waals surface area contributed by atoms with E-state index in [0.717, 1.165) is 18.3 Å². The maximum absolute atomic E-state index is 12.1. The quantitative estimate of drug-likeness (QED) is 0.697. The molecule has 3 unspecified atom stereocenters. The fraction of sp³-hybridized carbons (Fsp3) is 0.917. The standard InChI is InChI=1S/C12H18OS/c13-12(11-3-1-2-4-14-11)10-6-8-5-9(8)7-10/h8-11H,1-7H2. The second kappa shape index (κ2) is 3.55. The van der Waals surface area contributed by atoms with Crippen molar-refractivity contribution in [3.8, 4) is 0 Å². The Morgan fingerprint density at radius 3 is 2.50 bits per heavy atom. The summed E-state index contributed by atoms with van der Waals surface area (Å²) in [6, 6.07) is 0. The largest absolute Gasteiger partial charge is 0.298 e. The van der Waals surface area contributed by atoms with Gasteiger partial charge in [-0.1, -0.05) is 6.42 Å². The molecule has 2 heteroatoms. The van der Waals surface area contributed by atoms with Crippen molar-refractivity contribution in [1.29, 1.82) is 0 Å². The maximum Gasteiger partial charge on any atom is 0.148 e. The number of fused-ring (bicyclic) bond motifs is 1. The average molecular weight is 210 g/mol. The Morgan fingerprint density at radius 2 is 1.86 bits per heavy atom. The highest BCUT2D eigenvalue weighted by molar-refractivity contribution is 8.00. The first-order chi connectivity index (χ1) is 6.84. The molecule has 0 N–H and O–H groups in total. The van der Waals surface area contributed by atoms with Crippen molar-refractivity contribution in [2.45, 2.75) is 43.8 Å². The predicted molar refractivity (Wildman–Crippen MR) is 59.4 cm³/mol. The molecule has 1 nitrogen and oxygen atoms in total. The van der Waals surface area contributed by atoms with Crippen LogP contribution in [0.15, 0.2) is 0 Å². The Bertz CT molecular complexity index is 231. The molecular weight excluding hydrogens is 192 g/mol. The Labute approximate surface area is 90.0 Å². The first-order valence-electron chi connectivity index (χ1n) is 6.00. The molecule has 0 aromatic carbocycles. The molecule has 14 heavy (non-hydrogen) atoms. The van der Waals surface area contributed by atoms with Crippen LogP contribution in [0.2, 0.25) is 0 Å². The van der Waals surface area contributed by atoms with E-state index >= 15 is 0 Å². The highest BCUT2D eigenvalue weighted by atomic mass is 32.2. The minimum absolute atomic E-state index is 0.381. The highest BCUT2D eigenvalue weighted by Crippen LogP contribution is 2.55. The van der Waals surface area contributed by atoms with Crippen molar-refractivity contribution in [3.63, 3.8) is 0 Å². The first kappa shape index (κ1) is 9.26. The molecule has 78 valence electrons. The van der Waals surface area contributed by atoms with Gasteiger partial charge in [0.25, 0.3) is 0 Å². The molecule has 1 heterocycles. The van der Waals surface area contributed by atoms with E-state index in [4.69, 9.17) is 0 Å².